The lowest BCUT2D eigenvalue weighted by molar-refractivity contribution is -0.133. The molecule has 0 spiro atoms. The Morgan fingerprint density at radius 3 is 2.91 bits per heavy atom. The molecule has 3 aliphatic heterocycles. The summed E-state index contributed by atoms with van der Waals surface area (Å²) in [5, 5.41) is 6.15. The van der Waals surface area contributed by atoms with Crippen LogP contribution in [0.15, 0.2) is 24.3 Å². The monoisotopic (exact) mass is 483 g/mol. The fourth-order valence-electron chi connectivity index (χ4n) is 4.66. The van der Waals surface area contributed by atoms with Crippen LogP contribution in [0.5, 0.6) is 5.88 Å². The van der Waals surface area contributed by atoms with Crippen molar-refractivity contribution in [3.05, 3.63) is 41.2 Å². The minimum Gasteiger partial charge on any atom is -0.444 e. The number of pyridine rings is 1. The molecule has 4 heterocycles. The van der Waals surface area contributed by atoms with E-state index in [1.165, 1.54) is 11.0 Å². The van der Waals surface area contributed by atoms with Gasteiger partial charge in [0.25, 0.3) is 0 Å². The number of anilines is 3. The number of likely N-dealkylation sites (N-methyl/N-ethyl adjacent to an activating group) is 1. The Morgan fingerprint density at radius 2 is 2.09 bits per heavy atom. The van der Waals surface area contributed by atoms with Crippen molar-refractivity contribution in [3.8, 4) is 5.88 Å². The lowest BCUT2D eigenvalue weighted by Crippen LogP contribution is -2.29. The normalized spacial score (nSPS) is 18.8. The van der Waals surface area contributed by atoms with Crippen molar-refractivity contribution in [2.75, 3.05) is 41.3 Å². The quantitative estimate of drug-likeness (QED) is 0.435. The second-order valence-electron chi connectivity index (χ2n) is 8.63. The molecule has 184 valence electrons. The van der Waals surface area contributed by atoms with Gasteiger partial charge in [0, 0.05) is 18.7 Å². The highest BCUT2D eigenvalue weighted by atomic mass is 19.1. The van der Waals surface area contributed by atoms with E-state index >= 15 is 0 Å². The number of hydrogen-bond acceptors (Lipinski definition) is 8. The van der Waals surface area contributed by atoms with Gasteiger partial charge in [0.2, 0.25) is 11.8 Å². The van der Waals surface area contributed by atoms with Gasteiger partial charge in [0.15, 0.2) is 0 Å². The summed E-state index contributed by atoms with van der Waals surface area (Å²) < 4.78 is 25.1. The first-order valence-electron chi connectivity index (χ1n) is 11.7. The SMILES string of the molecule is CCN1C(=O)Cc2ccc(F)c(CNCCCC3CN(c4ccc5c(n4)OC(=O)CN5)C(=O)O3)c21. The molecule has 10 nitrogen and oxygen atoms in total. The topological polar surface area (TPSA) is 113 Å². The van der Waals surface area contributed by atoms with Gasteiger partial charge in [-0.05, 0) is 50.1 Å². The van der Waals surface area contributed by atoms with Crippen molar-refractivity contribution in [2.24, 2.45) is 0 Å². The van der Waals surface area contributed by atoms with Crippen LogP contribution in [0.25, 0.3) is 0 Å². The Morgan fingerprint density at radius 1 is 1.23 bits per heavy atom. The fraction of sp³-hybridized carbons (Fsp3) is 0.417. The van der Waals surface area contributed by atoms with Crippen LogP contribution < -0.4 is 25.2 Å². The molecule has 1 fully saturated rings. The lowest BCUT2D eigenvalue weighted by Gasteiger charge is -2.19. The van der Waals surface area contributed by atoms with E-state index in [0.717, 1.165) is 5.56 Å². The van der Waals surface area contributed by atoms with Crippen molar-refractivity contribution in [1.29, 1.82) is 0 Å². The van der Waals surface area contributed by atoms with Gasteiger partial charge in [-0.3, -0.25) is 9.69 Å². The molecule has 1 unspecified atom stereocenters. The van der Waals surface area contributed by atoms with E-state index < -0.39 is 12.1 Å². The molecule has 0 aliphatic carbocycles. The summed E-state index contributed by atoms with van der Waals surface area (Å²) in [6.45, 7) is 3.69. The van der Waals surface area contributed by atoms with E-state index in [-0.39, 0.29) is 30.3 Å². The number of halogens is 1. The van der Waals surface area contributed by atoms with Gasteiger partial charge in [-0.2, -0.15) is 4.98 Å². The van der Waals surface area contributed by atoms with Crippen LogP contribution in [0.4, 0.5) is 26.4 Å². The molecule has 5 rings (SSSR count). The number of fused-ring (bicyclic) bond motifs is 2. The van der Waals surface area contributed by atoms with Gasteiger partial charge in [-0.1, -0.05) is 6.07 Å². The molecule has 2 aromatic rings. The lowest BCUT2D eigenvalue weighted by atomic mass is 10.1. The first kappa shape index (κ1) is 23.0. The molecular weight excluding hydrogens is 457 g/mol. The number of nitrogens with zero attached hydrogens (tertiary/aromatic N) is 3. The highest BCUT2D eigenvalue weighted by molar-refractivity contribution is 6.02. The third-order valence-electron chi connectivity index (χ3n) is 6.35. The predicted molar refractivity (Wildman–Crippen MR) is 125 cm³/mol. The zero-order valence-electron chi connectivity index (χ0n) is 19.3. The van der Waals surface area contributed by atoms with E-state index in [0.29, 0.717) is 68.2 Å². The van der Waals surface area contributed by atoms with Gasteiger partial charge in [-0.25, -0.2) is 14.0 Å². The molecule has 2 N–H and O–H groups in total. The van der Waals surface area contributed by atoms with Crippen molar-refractivity contribution in [1.82, 2.24) is 10.3 Å². The summed E-state index contributed by atoms with van der Waals surface area (Å²) in [5.74, 6) is -0.282. The fourth-order valence-corrected chi connectivity index (χ4v) is 4.66. The number of carbonyl (C=O) groups is 3. The van der Waals surface area contributed by atoms with Crippen LogP contribution in [-0.4, -0.2) is 55.2 Å². The van der Waals surface area contributed by atoms with Crippen molar-refractivity contribution < 1.29 is 28.2 Å². The predicted octanol–water partition coefficient (Wildman–Crippen LogP) is 2.36. The van der Waals surface area contributed by atoms with Gasteiger partial charge >= 0.3 is 12.1 Å². The number of nitrogens with one attached hydrogen (secondary N) is 2. The number of hydrogen-bond donors (Lipinski definition) is 2. The van der Waals surface area contributed by atoms with Crippen LogP contribution in [0.1, 0.15) is 30.9 Å². The van der Waals surface area contributed by atoms with Crippen LogP contribution in [0, 0.1) is 5.82 Å². The minimum absolute atomic E-state index is 0.00945. The third kappa shape index (κ3) is 4.51. The summed E-state index contributed by atoms with van der Waals surface area (Å²) in [6, 6.07) is 6.48. The zero-order valence-corrected chi connectivity index (χ0v) is 19.3. The Labute approximate surface area is 201 Å². The first-order chi connectivity index (χ1) is 16.9. The van der Waals surface area contributed by atoms with Gasteiger partial charge < -0.3 is 25.0 Å². The number of amides is 2. The number of carbonyl (C=O) groups excluding carboxylic acids is 3. The number of benzene rings is 1. The van der Waals surface area contributed by atoms with Crippen molar-refractivity contribution in [2.45, 2.75) is 38.8 Å². The molecule has 11 heteroatoms. The van der Waals surface area contributed by atoms with E-state index in [1.54, 1.807) is 23.1 Å². The average molecular weight is 484 g/mol. The highest BCUT2D eigenvalue weighted by Crippen LogP contribution is 2.34. The Balaban J connectivity index is 1.13. The molecule has 1 aromatic heterocycles. The maximum atomic E-state index is 14.5. The molecule has 1 atom stereocenters. The Hall–Kier alpha value is -3.73. The van der Waals surface area contributed by atoms with Gasteiger partial charge in [-0.15, -0.1) is 0 Å². The van der Waals surface area contributed by atoms with Gasteiger partial charge in [0.1, 0.15) is 24.3 Å². The smallest absolute Gasteiger partial charge is 0.415 e. The summed E-state index contributed by atoms with van der Waals surface area (Å²) in [6.07, 6.45) is 0.812. The molecular formula is C24H26FN5O5. The summed E-state index contributed by atoms with van der Waals surface area (Å²) in [4.78, 5) is 43.4. The van der Waals surface area contributed by atoms with Gasteiger partial charge in [0.05, 0.1) is 24.3 Å². The molecule has 0 bridgehead atoms. The summed E-state index contributed by atoms with van der Waals surface area (Å²) >= 11 is 0. The minimum atomic E-state index is -0.503. The molecule has 0 radical (unpaired) electrons. The molecule has 35 heavy (non-hydrogen) atoms. The van der Waals surface area contributed by atoms with Crippen LogP contribution in [-0.2, 0) is 27.3 Å². The Bertz CT molecular complexity index is 1190. The molecule has 1 aromatic carbocycles. The second kappa shape index (κ2) is 9.49. The summed E-state index contributed by atoms with van der Waals surface area (Å²) in [7, 11) is 0. The average Bonchev–Trinajstić information content (AvgIpc) is 3.37. The number of aromatic nitrogens is 1. The number of cyclic esters (lactones) is 1. The van der Waals surface area contributed by atoms with Crippen LogP contribution in [0.2, 0.25) is 0 Å². The number of esters is 1. The van der Waals surface area contributed by atoms with E-state index in [1.807, 2.05) is 6.92 Å². The van der Waals surface area contributed by atoms with E-state index in [9.17, 15) is 18.8 Å². The highest BCUT2D eigenvalue weighted by Gasteiger charge is 2.34. The van der Waals surface area contributed by atoms with Crippen molar-refractivity contribution in [3.63, 3.8) is 0 Å². The molecule has 1 saturated heterocycles. The maximum absolute atomic E-state index is 14.5. The van der Waals surface area contributed by atoms with Crippen molar-refractivity contribution >= 4 is 35.2 Å². The van der Waals surface area contributed by atoms with Crippen LogP contribution >= 0.6 is 0 Å². The standard InChI is InChI=1S/C24H26FN5O5/c1-2-29-20(31)10-14-5-6-17(25)16(22(14)29)11-26-9-3-4-15-13-30(24(33)34-15)19-8-7-18-23(28-19)35-21(32)12-27-18/h5-8,15,26-27H,2-4,9-13H2,1H3. The first-order valence-corrected chi connectivity index (χ1v) is 11.7. The van der Waals surface area contributed by atoms with E-state index in [4.69, 9.17) is 9.47 Å². The third-order valence-corrected chi connectivity index (χ3v) is 6.35. The molecule has 0 saturated carbocycles. The second-order valence-corrected chi connectivity index (χ2v) is 8.63. The Kier molecular flexibility index (Phi) is 6.25. The molecule has 3 aliphatic rings. The maximum Gasteiger partial charge on any atom is 0.415 e. The van der Waals surface area contributed by atoms with Crippen LogP contribution in [0.3, 0.4) is 0 Å². The summed E-state index contributed by atoms with van der Waals surface area (Å²) in [5.41, 5.74) is 2.64. The zero-order chi connectivity index (χ0) is 24.5. The number of rotatable bonds is 8. The largest absolute Gasteiger partial charge is 0.444 e. The molecule has 2 amide bonds. The van der Waals surface area contributed by atoms with E-state index in [2.05, 4.69) is 15.6 Å². The number of ether oxygens (including phenoxy) is 2.